The molecular formula is C28H29F2N7O. The van der Waals surface area contributed by atoms with Crippen molar-refractivity contribution in [2.75, 3.05) is 46.6 Å². The molecule has 8 nitrogen and oxygen atoms in total. The summed E-state index contributed by atoms with van der Waals surface area (Å²) in [6, 6.07) is 11.2. The molecule has 0 spiro atoms. The Morgan fingerprint density at radius 3 is 2.68 bits per heavy atom. The van der Waals surface area contributed by atoms with Gasteiger partial charge in [0.2, 0.25) is 0 Å². The lowest BCUT2D eigenvalue weighted by molar-refractivity contribution is 0.262. The Bertz CT molecular complexity index is 1470. The summed E-state index contributed by atoms with van der Waals surface area (Å²) in [5.41, 5.74) is 2.90. The minimum Gasteiger partial charge on any atom is -0.370 e. The highest BCUT2D eigenvalue weighted by atomic mass is 19.1. The maximum Gasteiger partial charge on any atom is 0.323 e. The van der Waals surface area contributed by atoms with E-state index in [0.717, 1.165) is 67.3 Å². The van der Waals surface area contributed by atoms with Crippen LogP contribution >= 0.6 is 0 Å². The summed E-state index contributed by atoms with van der Waals surface area (Å²) in [6.07, 6.45) is 7.39. The first kappa shape index (κ1) is 24.1. The molecule has 3 N–H and O–H groups in total. The van der Waals surface area contributed by atoms with Crippen molar-refractivity contribution in [2.45, 2.75) is 31.6 Å². The number of amides is 2. The van der Waals surface area contributed by atoms with E-state index in [-0.39, 0.29) is 11.6 Å². The highest BCUT2D eigenvalue weighted by molar-refractivity contribution is 6.02. The Kier molecular flexibility index (Phi) is 6.53. The number of rotatable bonds is 5. The highest BCUT2D eigenvalue weighted by Crippen LogP contribution is 2.34. The van der Waals surface area contributed by atoms with E-state index >= 15 is 0 Å². The van der Waals surface area contributed by atoms with Crippen LogP contribution in [0.1, 0.15) is 37.2 Å². The highest BCUT2D eigenvalue weighted by Gasteiger charge is 2.25. The molecule has 2 fully saturated rings. The van der Waals surface area contributed by atoms with Gasteiger partial charge in [-0.1, -0.05) is 12.1 Å². The smallest absolute Gasteiger partial charge is 0.323 e. The van der Waals surface area contributed by atoms with Gasteiger partial charge in [-0.2, -0.15) is 0 Å². The minimum atomic E-state index is -0.792. The van der Waals surface area contributed by atoms with Gasteiger partial charge in [0.25, 0.3) is 0 Å². The number of anilines is 4. The number of benzene rings is 2. The molecule has 0 saturated carbocycles. The summed E-state index contributed by atoms with van der Waals surface area (Å²) in [5, 5.41) is 6.44. The molecule has 1 atom stereocenters. The number of H-pyrrole nitrogens is 1. The predicted molar refractivity (Wildman–Crippen MR) is 145 cm³/mol. The molecule has 6 rings (SSSR count). The van der Waals surface area contributed by atoms with Crippen molar-refractivity contribution in [3.05, 3.63) is 72.2 Å². The third-order valence-electron chi connectivity index (χ3n) is 7.39. The lowest BCUT2D eigenvalue weighted by atomic mass is 9.90. The van der Waals surface area contributed by atoms with E-state index in [1.807, 2.05) is 29.3 Å². The van der Waals surface area contributed by atoms with Crippen LogP contribution in [0, 0.1) is 11.6 Å². The summed E-state index contributed by atoms with van der Waals surface area (Å²) in [6.45, 7) is 3.11. The van der Waals surface area contributed by atoms with Crippen molar-refractivity contribution in [1.29, 1.82) is 0 Å². The number of fused-ring (bicyclic) bond motifs is 1. The number of piperidine rings is 1. The van der Waals surface area contributed by atoms with Gasteiger partial charge in [-0.3, -0.25) is 0 Å². The number of carbonyl (C=O) groups is 1. The molecular weight excluding hydrogens is 488 g/mol. The first-order valence-electron chi connectivity index (χ1n) is 13.0. The van der Waals surface area contributed by atoms with Gasteiger partial charge in [-0.25, -0.2) is 23.5 Å². The third-order valence-corrected chi connectivity index (χ3v) is 7.39. The van der Waals surface area contributed by atoms with Gasteiger partial charge < -0.3 is 25.4 Å². The molecule has 2 aliphatic rings. The van der Waals surface area contributed by atoms with Crippen LogP contribution in [0.5, 0.6) is 0 Å². The summed E-state index contributed by atoms with van der Waals surface area (Å²) in [4.78, 5) is 29.1. The zero-order valence-corrected chi connectivity index (χ0v) is 20.9. The van der Waals surface area contributed by atoms with Crippen LogP contribution in [0.25, 0.3) is 11.0 Å². The molecule has 10 heteroatoms. The summed E-state index contributed by atoms with van der Waals surface area (Å²) < 4.78 is 28.7. The van der Waals surface area contributed by atoms with E-state index in [4.69, 9.17) is 0 Å². The predicted octanol–water partition coefficient (Wildman–Crippen LogP) is 5.86. The fourth-order valence-corrected chi connectivity index (χ4v) is 5.59. The maximum absolute atomic E-state index is 14.7. The van der Waals surface area contributed by atoms with Crippen LogP contribution < -0.4 is 20.4 Å². The molecule has 38 heavy (non-hydrogen) atoms. The van der Waals surface area contributed by atoms with E-state index in [2.05, 4.69) is 36.6 Å². The molecule has 0 radical (unpaired) electrons. The van der Waals surface area contributed by atoms with Crippen LogP contribution in [0.15, 0.2) is 55.0 Å². The normalized spacial score (nSPS) is 17.7. The van der Waals surface area contributed by atoms with Crippen molar-refractivity contribution in [2.24, 2.45) is 0 Å². The summed E-state index contributed by atoms with van der Waals surface area (Å²) >= 11 is 0. The average molecular weight is 518 g/mol. The summed E-state index contributed by atoms with van der Waals surface area (Å²) in [7, 11) is 0. The molecule has 1 unspecified atom stereocenters. The van der Waals surface area contributed by atoms with Crippen LogP contribution in [-0.4, -0.2) is 47.2 Å². The zero-order chi connectivity index (χ0) is 26.1. The number of carbonyl (C=O) groups excluding carboxylic acids is 1. The Morgan fingerprint density at radius 1 is 0.974 bits per heavy atom. The molecule has 196 valence electrons. The lowest BCUT2D eigenvalue weighted by Gasteiger charge is -2.34. The summed E-state index contributed by atoms with van der Waals surface area (Å²) in [5.74, 6) is -0.276. The Balaban J connectivity index is 1.17. The van der Waals surface area contributed by atoms with Gasteiger partial charge in [0.1, 0.15) is 29.3 Å². The number of hydrogen-bond acceptors (Lipinski definition) is 5. The molecule has 2 amide bonds. The zero-order valence-electron chi connectivity index (χ0n) is 20.9. The van der Waals surface area contributed by atoms with Crippen molar-refractivity contribution in [3.8, 4) is 0 Å². The van der Waals surface area contributed by atoms with Gasteiger partial charge in [0, 0.05) is 50.0 Å². The van der Waals surface area contributed by atoms with Crippen molar-refractivity contribution in [3.63, 3.8) is 0 Å². The molecule has 2 saturated heterocycles. The minimum absolute atomic E-state index is 0.00852. The Hall–Kier alpha value is -4.21. The number of aromatic nitrogens is 3. The van der Waals surface area contributed by atoms with Gasteiger partial charge in [0.15, 0.2) is 5.82 Å². The van der Waals surface area contributed by atoms with Crippen LogP contribution in [0.4, 0.5) is 36.5 Å². The van der Waals surface area contributed by atoms with Crippen LogP contribution in [0.3, 0.4) is 0 Å². The van der Waals surface area contributed by atoms with Gasteiger partial charge in [0.05, 0.1) is 11.1 Å². The number of nitrogens with zero attached hydrogens (tertiary/aromatic N) is 4. The fourth-order valence-electron chi connectivity index (χ4n) is 5.59. The second-order valence-corrected chi connectivity index (χ2v) is 9.90. The SMILES string of the molecule is O=C(Nc1cccc(C2CCCN(c3ncnc4[nH]ccc34)C2)c1)Nc1c(F)cc(F)cc1N1CCCC1. The van der Waals surface area contributed by atoms with Crippen LogP contribution in [-0.2, 0) is 0 Å². The molecule has 2 aliphatic heterocycles. The molecule has 0 aliphatic carbocycles. The Morgan fingerprint density at radius 2 is 1.82 bits per heavy atom. The molecule has 2 aromatic heterocycles. The Labute approximate surface area is 219 Å². The van der Waals surface area contributed by atoms with Crippen molar-refractivity contribution in [1.82, 2.24) is 15.0 Å². The molecule has 4 aromatic rings. The van der Waals surface area contributed by atoms with E-state index in [9.17, 15) is 13.6 Å². The second-order valence-electron chi connectivity index (χ2n) is 9.90. The monoisotopic (exact) mass is 517 g/mol. The first-order valence-corrected chi connectivity index (χ1v) is 13.0. The second kappa shape index (κ2) is 10.3. The number of aromatic amines is 1. The van der Waals surface area contributed by atoms with Crippen LogP contribution in [0.2, 0.25) is 0 Å². The van der Waals surface area contributed by atoms with Crippen molar-refractivity contribution >= 4 is 39.9 Å². The quantitative estimate of drug-likeness (QED) is 0.308. The lowest BCUT2D eigenvalue weighted by Crippen LogP contribution is -2.35. The first-order chi connectivity index (χ1) is 18.5. The largest absolute Gasteiger partial charge is 0.370 e. The van der Waals surface area contributed by atoms with Gasteiger partial charge in [-0.05, 0) is 55.5 Å². The number of hydrogen-bond donors (Lipinski definition) is 3. The average Bonchev–Trinajstić information content (AvgIpc) is 3.63. The van der Waals surface area contributed by atoms with E-state index < -0.39 is 17.7 Å². The van der Waals surface area contributed by atoms with E-state index in [1.54, 1.807) is 12.4 Å². The third kappa shape index (κ3) is 4.85. The topological polar surface area (TPSA) is 89.2 Å². The number of nitrogens with one attached hydrogen (secondary N) is 3. The number of halogens is 2. The standard InChI is InChI=1S/C28H29F2N7O/c29-20-14-23(30)25(24(15-20)36-10-1-2-11-36)35-28(38)34-21-7-3-5-18(13-21)19-6-4-12-37(16-19)27-22-8-9-31-26(22)32-17-33-27/h3,5,7-9,13-15,17,19H,1-2,4,6,10-12,16H2,(H,31,32,33)(H2,34,35,38). The fraction of sp³-hybridized carbons (Fsp3) is 0.321. The molecule has 0 bridgehead atoms. The maximum atomic E-state index is 14.7. The molecule has 2 aromatic carbocycles. The number of urea groups is 1. The van der Waals surface area contributed by atoms with Crippen molar-refractivity contribution < 1.29 is 13.6 Å². The van der Waals surface area contributed by atoms with E-state index in [0.29, 0.717) is 24.5 Å². The van der Waals surface area contributed by atoms with Gasteiger partial charge >= 0.3 is 6.03 Å². The van der Waals surface area contributed by atoms with Gasteiger partial charge in [-0.15, -0.1) is 0 Å². The molecule has 4 heterocycles. The van der Waals surface area contributed by atoms with E-state index in [1.165, 1.54) is 6.07 Å².